The van der Waals surface area contributed by atoms with Crippen LogP contribution in [0.25, 0.3) is 0 Å². The molecule has 20 heavy (non-hydrogen) atoms. The highest BCUT2D eigenvalue weighted by molar-refractivity contribution is 9.11. The van der Waals surface area contributed by atoms with Gasteiger partial charge in [0.25, 0.3) is 0 Å². The van der Waals surface area contributed by atoms with Crippen molar-refractivity contribution in [3.8, 4) is 0 Å². The van der Waals surface area contributed by atoms with Crippen molar-refractivity contribution in [2.45, 2.75) is 31.2 Å². The van der Waals surface area contributed by atoms with Gasteiger partial charge in [-0.3, -0.25) is 0 Å². The Labute approximate surface area is 136 Å². The van der Waals surface area contributed by atoms with Gasteiger partial charge < -0.3 is 10.8 Å². The summed E-state index contributed by atoms with van der Waals surface area (Å²) in [6.07, 6.45) is 0.390. The van der Waals surface area contributed by atoms with Crippen LogP contribution in [0.5, 0.6) is 0 Å². The predicted molar refractivity (Wildman–Crippen MR) is 87.0 cm³/mol. The van der Waals surface area contributed by atoms with E-state index < -0.39 is 10.0 Å². The lowest BCUT2D eigenvalue weighted by atomic mass is 10.3. The van der Waals surface area contributed by atoms with Gasteiger partial charge in [0.2, 0.25) is 10.0 Å². The zero-order valence-corrected chi connectivity index (χ0v) is 15.3. The maximum absolute atomic E-state index is 12.8. The number of benzene rings is 1. The van der Waals surface area contributed by atoms with Crippen LogP contribution in [0.2, 0.25) is 0 Å². The van der Waals surface area contributed by atoms with Crippen molar-refractivity contribution in [1.29, 1.82) is 0 Å². The molecule has 0 spiro atoms. The molecule has 0 heterocycles. The van der Waals surface area contributed by atoms with E-state index in [0.29, 0.717) is 21.1 Å². The monoisotopic (exact) mass is 428 g/mol. The van der Waals surface area contributed by atoms with E-state index >= 15 is 0 Å². The number of aliphatic hydroxyl groups is 1. The fourth-order valence-corrected chi connectivity index (χ4v) is 6.04. The second-order valence-electron chi connectivity index (χ2n) is 4.60. The number of aliphatic hydroxyl groups excluding tert-OH is 1. The maximum Gasteiger partial charge on any atom is 0.245 e. The molecular weight excluding hydrogens is 412 g/mol. The van der Waals surface area contributed by atoms with Crippen LogP contribution in [-0.4, -0.2) is 37.0 Å². The van der Waals surface area contributed by atoms with Crippen LogP contribution in [0.15, 0.2) is 26.0 Å². The molecule has 0 fully saturated rings. The molecule has 5 nitrogen and oxygen atoms in total. The molecule has 0 unspecified atom stereocenters. The molecule has 3 N–H and O–H groups in total. The Kier molecular flexibility index (Phi) is 6.46. The lowest BCUT2D eigenvalue weighted by molar-refractivity contribution is 0.258. The van der Waals surface area contributed by atoms with E-state index in [1.54, 1.807) is 26.0 Å². The molecule has 0 atom stereocenters. The molecule has 0 amide bonds. The number of sulfonamides is 1. The number of halogens is 2. The van der Waals surface area contributed by atoms with Crippen LogP contribution in [0.1, 0.15) is 20.3 Å². The fourth-order valence-electron chi connectivity index (χ4n) is 1.83. The van der Waals surface area contributed by atoms with Gasteiger partial charge in [0.05, 0.1) is 0 Å². The van der Waals surface area contributed by atoms with Gasteiger partial charge in [-0.15, -0.1) is 0 Å². The zero-order valence-electron chi connectivity index (χ0n) is 11.3. The highest BCUT2D eigenvalue weighted by atomic mass is 79.9. The van der Waals surface area contributed by atoms with Crippen LogP contribution >= 0.6 is 31.9 Å². The molecule has 0 radical (unpaired) electrons. The van der Waals surface area contributed by atoms with Crippen molar-refractivity contribution >= 4 is 47.6 Å². The molecule has 0 bridgehead atoms. The summed E-state index contributed by atoms with van der Waals surface area (Å²) in [5.74, 6) is 0. The van der Waals surface area contributed by atoms with Gasteiger partial charge in [0, 0.05) is 33.8 Å². The van der Waals surface area contributed by atoms with Gasteiger partial charge in [0.1, 0.15) is 4.90 Å². The number of nitrogens with zero attached hydrogens (tertiary/aromatic N) is 1. The van der Waals surface area contributed by atoms with Crippen molar-refractivity contribution in [1.82, 2.24) is 4.31 Å². The van der Waals surface area contributed by atoms with E-state index in [2.05, 4.69) is 31.9 Å². The number of rotatable bonds is 6. The van der Waals surface area contributed by atoms with Crippen LogP contribution < -0.4 is 5.73 Å². The average molecular weight is 430 g/mol. The largest absolute Gasteiger partial charge is 0.399 e. The third-order valence-electron chi connectivity index (χ3n) is 2.70. The first-order chi connectivity index (χ1) is 9.21. The van der Waals surface area contributed by atoms with Crippen molar-refractivity contribution in [2.24, 2.45) is 0 Å². The first-order valence-corrected chi connectivity index (χ1v) is 9.11. The highest BCUT2D eigenvalue weighted by Gasteiger charge is 2.30. The van der Waals surface area contributed by atoms with E-state index in [1.807, 2.05) is 0 Å². The van der Waals surface area contributed by atoms with Crippen LogP contribution in [0.4, 0.5) is 5.69 Å². The number of nitrogens with two attached hydrogens (primary N) is 1. The summed E-state index contributed by atoms with van der Waals surface area (Å²) in [5, 5.41) is 8.92. The van der Waals surface area contributed by atoms with Crippen LogP contribution in [0.3, 0.4) is 0 Å². The van der Waals surface area contributed by atoms with Crippen LogP contribution in [0, 0.1) is 0 Å². The van der Waals surface area contributed by atoms with E-state index in [-0.39, 0.29) is 24.1 Å². The second-order valence-corrected chi connectivity index (χ2v) is 8.14. The number of anilines is 1. The van der Waals surface area contributed by atoms with Gasteiger partial charge in [-0.25, -0.2) is 8.42 Å². The fraction of sp³-hybridized carbons (Fsp3) is 0.500. The Balaban J connectivity index is 3.34. The van der Waals surface area contributed by atoms with E-state index in [1.165, 1.54) is 4.31 Å². The van der Waals surface area contributed by atoms with Gasteiger partial charge >= 0.3 is 0 Å². The summed E-state index contributed by atoms with van der Waals surface area (Å²) in [7, 11) is -3.68. The Morgan fingerprint density at radius 3 is 2.20 bits per heavy atom. The molecule has 0 aromatic heterocycles. The minimum Gasteiger partial charge on any atom is -0.399 e. The van der Waals surface area contributed by atoms with Gasteiger partial charge in [-0.2, -0.15) is 4.31 Å². The Hall–Kier alpha value is -0.150. The van der Waals surface area contributed by atoms with Crippen molar-refractivity contribution in [2.75, 3.05) is 18.9 Å². The van der Waals surface area contributed by atoms with Gasteiger partial charge in [-0.05, 0) is 64.3 Å². The van der Waals surface area contributed by atoms with Gasteiger partial charge in [0.15, 0.2) is 0 Å². The first kappa shape index (κ1) is 17.9. The van der Waals surface area contributed by atoms with E-state index in [0.717, 1.165) is 0 Å². The van der Waals surface area contributed by atoms with Crippen molar-refractivity contribution < 1.29 is 13.5 Å². The summed E-state index contributed by atoms with van der Waals surface area (Å²) in [4.78, 5) is 0.151. The highest BCUT2D eigenvalue weighted by Crippen LogP contribution is 2.35. The molecule has 0 aliphatic heterocycles. The van der Waals surface area contributed by atoms with Crippen molar-refractivity contribution in [3.05, 3.63) is 21.1 Å². The third-order valence-corrected chi connectivity index (χ3v) is 6.65. The summed E-state index contributed by atoms with van der Waals surface area (Å²) in [5.41, 5.74) is 6.15. The molecule has 0 saturated heterocycles. The zero-order chi connectivity index (χ0) is 15.5. The Morgan fingerprint density at radius 2 is 1.80 bits per heavy atom. The molecule has 0 saturated carbocycles. The molecule has 0 aliphatic rings. The molecule has 1 aromatic carbocycles. The van der Waals surface area contributed by atoms with E-state index in [9.17, 15) is 8.42 Å². The smallest absolute Gasteiger partial charge is 0.245 e. The topological polar surface area (TPSA) is 83.6 Å². The maximum atomic E-state index is 12.8. The Morgan fingerprint density at radius 1 is 1.30 bits per heavy atom. The van der Waals surface area contributed by atoms with E-state index in [4.69, 9.17) is 10.8 Å². The molecule has 1 rings (SSSR count). The minimum absolute atomic E-state index is 0.0528. The molecule has 114 valence electrons. The molecule has 0 aliphatic carbocycles. The summed E-state index contributed by atoms with van der Waals surface area (Å²) < 4.78 is 27.7. The lowest BCUT2D eigenvalue weighted by Crippen LogP contribution is -2.38. The normalized spacial score (nSPS) is 12.3. The Bertz CT molecular complexity index is 553. The molecular formula is C12H18Br2N2O3S. The van der Waals surface area contributed by atoms with Crippen molar-refractivity contribution in [3.63, 3.8) is 0 Å². The molecule has 8 heteroatoms. The number of hydrogen-bond acceptors (Lipinski definition) is 4. The predicted octanol–water partition coefficient (Wildman–Crippen LogP) is 2.58. The third kappa shape index (κ3) is 3.94. The molecule has 1 aromatic rings. The summed E-state index contributed by atoms with van der Waals surface area (Å²) in [6.45, 7) is 3.81. The quantitative estimate of drug-likeness (QED) is 0.680. The SMILES string of the molecule is CC(C)N(CCCO)S(=O)(=O)c1c(Br)cc(N)cc1Br. The minimum atomic E-state index is -3.68. The number of nitrogen functional groups attached to an aromatic ring is 1. The number of hydrogen-bond donors (Lipinski definition) is 2. The second kappa shape index (κ2) is 7.22. The first-order valence-electron chi connectivity index (χ1n) is 6.09. The van der Waals surface area contributed by atoms with Gasteiger partial charge in [-0.1, -0.05) is 0 Å². The summed E-state index contributed by atoms with van der Waals surface area (Å²) in [6, 6.07) is 2.91. The standard InChI is InChI=1S/C12H18Br2N2O3S/c1-8(2)16(4-3-5-17)20(18,19)12-10(13)6-9(15)7-11(12)14/h6-8,17H,3-5,15H2,1-2H3. The summed E-state index contributed by atoms with van der Waals surface area (Å²) >= 11 is 6.51. The average Bonchev–Trinajstić information content (AvgIpc) is 2.26. The lowest BCUT2D eigenvalue weighted by Gasteiger charge is -2.26. The van der Waals surface area contributed by atoms with Crippen LogP contribution in [-0.2, 0) is 10.0 Å².